The lowest BCUT2D eigenvalue weighted by Crippen LogP contribution is -2.46. The first-order valence-corrected chi connectivity index (χ1v) is 6.74. The van der Waals surface area contributed by atoms with Crippen molar-refractivity contribution in [2.24, 2.45) is 0 Å². The van der Waals surface area contributed by atoms with Gasteiger partial charge in [-0.2, -0.15) is 0 Å². The zero-order valence-electron chi connectivity index (χ0n) is 11.3. The highest BCUT2D eigenvalue weighted by Crippen LogP contribution is 2.04. The highest BCUT2D eigenvalue weighted by molar-refractivity contribution is 4.85. The second kappa shape index (κ2) is 6.82. The normalized spacial score (nSPS) is 21.3. The molecule has 1 fully saturated rings. The molecule has 6 nitrogen and oxygen atoms in total. The summed E-state index contributed by atoms with van der Waals surface area (Å²) in [6.45, 7) is 10.8. The van der Waals surface area contributed by atoms with Gasteiger partial charge in [-0.3, -0.25) is 4.90 Å². The average Bonchev–Trinajstić information content (AvgIpc) is 2.86. The summed E-state index contributed by atoms with van der Waals surface area (Å²) in [7, 11) is 0. The van der Waals surface area contributed by atoms with Gasteiger partial charge in [0.05, 0.1) is 19.3 Å². The number of aryl methyl sites for hydroxylation is 1. The molecule has 102 valence electrons. The fourth-order valence-corrected chi connectivity index (χ4v) is 2.22. The number of nitrogens with zero attached hydrogens (tertiary/aromatic N) is 4. The minimum absolute atomic E-state index is 0.289. The van der Waals surface area contributed by atoms with Crippen molar-refractivity contribution in [3.8, 4) is 0 Å². The van der Waals surface area contributed by atoms with Crippen molar-refractivity contribution in [2.45, 2.75) is 33.0 Å². The maximum Gasteiger partial charge on any atom is 0.146 e. The molecule has 1 aromatic heterocycles. The monoisotopic (exact) mass is 253 g/mol. The van der Waals surface area contributed by atoms with Gasteiger partial charge in [0.1, 0.15) is 12.2 Å². The van der Waals surface area contributed by atoms with E-state index in [-0.39, 0.29) is 6.10 Å². The van der Waals surface area contributed by atoms with Gasteiger partial charge in [-0.15, -0.1) is 10.2 Å². The molecule has 1 aliphatic rings. The fraction of sp³-hybridized carbons (Fsp3) is 0.833. The SMILES string of the molecule is CCN1CCOC(CNCc2nncn2CC)C1. The van der Waals surface area contributed by atoms with E-state index in [2.05, 4.69) is 34.3 Å². The van der Waals surface area contributed by atoms with Gasteiger partial charge in [-0.25, -0.2) is 0 Å². The third-order valence-corrected chi connectivity index (χ3v) is 3.36. The maximum absolute atomic E-state index is 5.74. The fourth-order valence-electron chi connectivity index (χ4n) is 2.22. The quantitative estimate of drug-likeness (QED) is 0.780. The molecule has 2 heterocycles. The second-order valence-electron chi connectivity index (χ2n) is 4.55. The summed E-state index contributed by atoms with van der Waals surface area (Å²) in [6.07, 6.45) is 2.06. The van der Waals surface area contributed by atoms with Crippen LogP contribution in [0.1, 0.15) is 19.7 Å². The van der Waals surface area contributed by atoms with Crippen LogP contribution in [0, 0.1) is 0 Å². The van der Waals surface area contributed by atoms with E-state index < -0.39 is 0 Å². The van der Waals surface area contributed by atoms with Crippen molar-refractivity contribution in [1.29, 1.82) is 0 Å². The minimum Gasteiger partial charge on any atom is -0.374 e. The highest BCUT2D eigenvalue weighted by Gasteiger charge is 2.18. The maximum atomic E-state index is 5.74. The first kappa shape index (κ1) is 13.5. The van der Waals surface area contributed by atoms with Crippen LogP contribution in [0.4, 0.5) is 0 Å². The van der Waals surface area contributed by atoms with Crippen LogP contribution in [-0.4, -0.2) is 58.6 Å². The molecule has 6 heteroatoms. The standard InChI is InChI=1S/C12H23N5O/c1-3-16-5-6-18-11(9-16)7-13-8-12-15-14-10-17(12)4-2/h10-11,13H,3-9H2,1-2H3. The average molecular weight is 253 g/mol. The third kappa shape index (κ3) is 3.51. The molecule has 0 bridgehead atoms. The van der Waals surface area contributed by atoms with E-state index in [1.54, 1.807) is 6.33 Å². The largest absolute Gasteiger partial charge is 0.374 e. The number of ether oxygens (including phenoxy) is 1. The Balaban J connectivity index is 1.72. The predicted molar refractivity (Wildman–Crippen MR) is 69.3 cm³/mol. The number of rotatable bonds is 6. The van der Waals surface area contributed by atoms with E-state index in [0.717, 1.165) is 51.7 Å². The molecule has 0 aliphatic carbocycles. The molecule has 1 aromatic rings. The Morgan fingerprint density at radius 1 is 1.44 bits per heavy atom. The molecule has 0 saturated carbocycles. The van der Waals surface area contributed by atoms with Crippen molar-refractivity contribution in [1.82, 2.24) is 25.0 Å². The van der Waals surface area contributed by atoms with Gasteiger partial charge in [0.15, 0.2) is 0 Å². The Hall–Kier alpha value is -0.980. The van der Waals surface area contributed by atoms with Gasteiger partial charge in [0.2, 0.25) is 0 Å². The molecule has 0 spiro atoms. The van der Waals surface area contributed by atoms with Crippen LogP contribution >= 0.6 is 0 Å². The van der Waals surface area contributed by atoms with E-state index in [4.69, 9.17) is 4.74 Å². The molecule has 0 aromatic carbocycles. The van der Waals surface area contributed by atoms with Crippen molar-refractivity contribution >= 4 is 0 Å². The van der Waals surface area contributed by atoms with Crippen LogP contribution in [0.5, 0.6) is 0 Å². The number of hydrogen-bond donors (Lipinski definition) is 1. The van der Waals surface area contributed by atoms with Gasteiger partial charge in [-0.1, -0.05) is 6.92 Å². The summed E-state index contributed by atoms with van der Waals surface area (Å²) in [5, 5.41) is 11.4. The van der Waals surface area contributed by atoms with E-state index in [9.17, 15) is 0 Å². The Kier molecular flexibility index (Phi) is 5.10. The van der Waals surface area contributed by atoms with Crippen molar-refractivity contribution in [3.05, 3.63) is 12.2 Å². The van der Waals surface area contributed by atoms with Crippen LogP contribution in [-0.2, 0) is 17.8 Å². The number of aromatic nitrogens is 3. The van der Waals surface area contributed by atoms with E-state index >= 15 is 0 Å². The van der Waals surface area contributed by atoms with Crippen LogP contribution in [0.2, 0.25) is 0 Å². The van der Waals surface area contributed by atoms with Crippen LogP contribution < -0.4 is 5.32 Å². The summed E-state index contributed by atoms with van der Waals surface area (Å²) in [6, 6.07) is 0. The van der Waals surface area contributed by atoms with Gasteiger partial charge in [-0.05, 0) is 13.5 Å². The van der Waals surface area contributed by atoms with Crippen molar-refractivity contribution in [2.75, 3.05) is 32.8 Å². The summed E-state index contributed by atoms with van der Waals surface area (Å²) < 4.78 is 7.79. The smallest absolute Gasteiger partial charge is 0.146 e. The second-order valence-corrected chi connectivity index (χ2v) is 4.55. The lowest BCUT2D eigenvalue weighted by atomic mass is 10.2. The summed E-state index contributed by atoms with van der Waals surface area (Å²) in [4.78, 5) is 2.42. The first-order valence-electron chi connectivity index (χ1n) is 6.74. The molecule has 2 rings (SSSR count). The molecule has 18 heavy (non-hydrogen) atoms. The lowest BCUT2D eigenvalue weighted by Gasteiger charge is -2.32. The summed E-state index contributed by atoms with van der Waals surface area (Å²) in [5.41, 5.74) is 0. The molecule has 1 atom stereocenters. The minimum atomic E-state index is 0.289. The summed E-state index contributed by atoms with van der Waals surface area (Å²) >= 11 is 0. The number of hydrogen-bond acceptors (Lipinski definition) is 5. The molecular weight excluding hydrogens is 230 g/mol. The number of morpholine rings is 1. The van der Waals surface area contributed by atoms with E-state index in [1.807, 2.05) is 4.57 Å². The van der Waals surface area contributed by atoms with E-state index in [1.165, 1.54) is 0 Å². The first-order chi connectivity index (χ1) is 8.83. The van der Waals surface area contributed by atoms with Gasteiger partial charge in [0, 0.05) is 26.2 Å². The van der Waals surface area contributed by atoms with Gasteiger partial charge in [0.25, 0.3) is 0 Å². The zero-order chi connectivity index (χ0) is 12.8. The molecule has 0 radical (unpaired) electrons. The van der Waals surface area contributed by atoms with Gasteiger partial charge >= 0.3 is 0 Å². The Labute approximate surface area is 108 Å². The predicted octanol–water partition coefficient (Wildman–Crippen LogP) is 0.108. The molecule has 1 aliphatic heterocycles. The molecule has 1 N–H and O–H groups in total. The van der Waals surface area contributed by atoms with E-state index in [0.29, 0.717) is 0 Å². The highest BCUT2D eigenvalue weighted by atomic mass is 16.5. The number of nitrogens with one attached hydrogen (secondary N) is 1. The van der Waals surface area contributed by atoms with Crippen molar-refractivity contribution < 1.29 is 4.74 Å². The summed E-state index contributed by atoms with van der Waals surface area (Å²) in [5.74, 6) is 0.987. The van der Waals surface area contributed by atoms with Crippen molar-refractivity contribution in [3.63, 3.8) is 0 Å². The van der Waals surface area contributed by atoms with Crippen LogP contribution in [0.25, 0.3) is 0 Å². The lowest BCUT2D eigenvalue weighted by molar-refractivity contribution is -0.0254. The molecular formula is C12H23N5O. The Bertz CT molecular complexity index is 354. The molecule has 0 amide bonds. The zero-order valence-corrected chi connectivity index (χ0v) is 11.3. The van der Waals surface area contributed by atoms with Crippen LogP contribution in [0.3, 0.4) is 0 Å². The third-order valence-electron chi connectivity index (χ3n) is 3.36. The topological polar surface area (TPSA) is 55.2 Å². The molecule has 1 saturated heterocycles. The van der Waals surface area contributed by atoms with Crippen LogP contribution in [0.15, 0.2) is 6.33 Å². The van der Waals surface area contributed by atoms with Gasteiger partial charge < -0.3 is 14.6 Å². The number of likely N-dealkylation sites (N-methyl/N-ethyl adjacent to an activating group) is 1. The molecule has 1 unspecified atom stereocenters. The Morgan fingerprint density at radius 2 is 2.33 bits per heavy atom. The Morgan fingerprint density at radius 3 is 3.11 bits per heavy atom.